The van der Waals surface area contributed by atoms with Crippen LogP contribution < -0.4 is 10.6 Å². The van der Waals surface area contributed by atoms with Crippen LogP contribution in [0.3, 0.4) is 0 Å². The second-order valence-electron chi connectivity index (χ2n) is 5.58. The number of hydrogen-bond donors (Lipinski definition) is 2. The number of nitrogens with zero attached hydrogens (tertiary/aromatic N) is 3. The minimum Gasteiger partial charge on any atom is -0.357 e. The summed E-state index contributed by atoms with van der Waals surface area (Å²) in [6, 6.07) is 5.17. The molecule has 0 bridgehead atoms. The Morgan fingerprint density at radius 3 is 2.79 bits per heavy atom. The van der Waals surface area contributed by atoms with Crippen LogP contribution in [0.5, 0.6) is 0 Å². The molecule has 2 aromatic rings. The molecule has 6 heteroatoms. The SMILES string of the molecule is CCCCCNC(=NCc1ccc(-n2ccnc2)c(F)c1)NCC. The lowest BCUT2D eigenvalue weighted by atomic mass is 10.2. The van der Waals surface area contributed by atoms with E-state index in [0.717, 1.165) is 31.0 Å². The Hall–Kier alpha value is -2.37. The van der Waals surface area contributed by atoms with Gasteiger partial charge < -0.3 is 15.2 Å². The number of unbranched alkanes of at least 4 members (excludes halogenated alkanes) is 2. The van der Waals surface area contributed by atoms with Crippen molar-refractivity contribution in [3.63, 3.8) is 0 Å². The van der Waals surface area contributed by atoms with Gasteiger partial charge in [0.1, 0.15) is 5.82 Å². The van der Waals surface area contributed by atoms with E-state index in [1.807, 2.05) is 13.0 Å². The minimum atomic E-state index is -0.276. The van der Waals surface area contributed by atoms with Crippen LogP contribution in [0.2, 0.25) is 0 Å². The highest BCUT2D eigenvalue weighted by Gasteiger charge is 2.05. The Labute approximate surface area is 143 Å². The largest absolute Gasteiger partial charge is 0.357 e. The molecule has 0 radical (unpaired) electrons. The summed E-state index contributed by atoms with van der Waals surface area (Å²) in [5.41, 5.74) is 1.33. The molecule has 1 heterocycles. The van der Waals surface area contributed by atoms with Crippen molar-refractivity contribution in [1.29, 1.82) is 0 Å². The van der Waals surface area contributed by atoms with Gasteiger partial charge in [0.2, 0.25) is 0 Å². The third-order valence-electron chi connectivity index (χ3n) is 3.63. The van der Waals surface area contributed by atoms with E-state index in [0.29, 0.717) is 12.2 Å². The summed E-state index contributed by atoms with van der Waals surface area (Å²) in [7, 11) is 0. The highest BCUT2D eigenvalue weighted by molar-refractivity contribution is 5.79. The van der Waals surface area contributed by atoms with Crippen molar-refractivity contribution in [2.45, 2.75) is 39.7 Å². The zero-order chi connectivity index (χ0) is 17.2. The van der Waals surface area contributed by atoms with Crippen LogP contribution in [0, 0.1) is 5.82 Å². The predicted molar refractivity (Wildman–Crippen MR) is 95.9 cm³/mol. The highest BCUT2D eigenvalue weighted by Crippen LogP contribution is 2.15. The number of rotatable bonds is 8. The zero-order valence-corrected chi connectivity index (χ0v) is 14.4. The van der Waals surface area contributed by atoms with Gasteiger partial charge in [-0.1, -0.05) is 25.8 Å². The van der Waals surface area contributed by atoms with E-state index < -0.39 is 0 Å². The molecule has 0 fully saturated rings. The van der Waals surface area contributed by atoms with Crippen molar-refractivity contribution in [3.05, 3.63) is 48.3 Å². The Bertz CT molecular complexity index is 637. The summed E-state index contributed by atoms with van der Waals surface area (Å²) in [5, 5.41) is 6.52. The van der Waals surface area contributed by atoms with Gasteiger partial charge in [-0.25, -0.2) is 14.4 Å². The topological polar surface area (TPSA) is 54.2 Å². The molecule has 0 aliphatic rings. The Morgan fingerprint density at radius 2 is 2.12 bits per heavy atom. The molecule has 1 aromatic heterocycles. The second kappa shape index (κ2) is 9.70. The maximum Gasteiger partial charge on any atom is 0.191 e. The highest BCUT2D eigenvalue weighted by atomic mass is 19.1. The molecule has 2 rings (SSSR count). The number of imidazole rings is 1. The van der Waals surface area contributed by atoms with Crippen molar-refractivity contribution >= 4 is 5.96 Å². The van der Waals surface area contributed by atoms with Crippen LogP contribution in [-0.4, -0.2) is 28.6 Å². The van der Waals surface area contributed by atoms with Gasteiger partial charge in [0, 0.05) is 25.5 Å². The third kappa shape index (κ3) is 5.37. The summed E-state index contributed by atoms with van der Waals surface area (Å²) in [6.45, 7) is 6.34. The molecule has 0 aliphatic heterocycles. The van der Waals surface area contributed by atoms with Crippen molar-refractivity contribution in [1.82, 2.24) is 20.2 Å². The number of halogens is 1. The quantitative estimate of drug-likeness (QED) is 0.443. The first-order chi connectivity index (χ1) is 11.7. The summed E-state index contributed by atoms with van der Waals surface area (Å²) < 4.78 is 15.9. The fraction of sp³-hybridized carbons (Fsp3) is 0.444. The molecule has 0 amide bonds. The lowest BCUT2D eigenvalue weighted by Crippen LogP contribution is -2.37. The normalized spacial score (nSPS) is 11.5. The maximum atomic E-state index is 14.2. The Balaban J connectivity index is 1.98. The van der Waals surface area contributed by atoms with E-state index in [1.165, 1.54) is 18.9 Å². The van der Waals surface area contributed by atoms with Crippen molar-refractivity contribution in [3.8, 4) is 5.69 Å². The maximum absolute atomic E-state index is 14.2. The number of nitrogens with one attached hydrogen (secondary N) is 2. The van der Waals surface area contributed by atoms with E-state index in [2.05, 4.69) is 27.5 Å². The first kappa shape index (κ1) is 18.0. The van der Waals surface area contributed by atoms with Crippen LogP contribution >= 0.6 is 0 Å². The van der Waals surface area contributed by atoms with E-state index in [-0.39, 0.29) is 5.82 Å². The molecule has 0 atom stereocenters. The van der Waals surface area contributed by atoms with Crippen LogP contribution in [0.1, 0.15) is 38.7 Å². The molecule has 130 valence electrons. The number of hydrogen-bond acceptors (Lipinski definition) is 2. The van der Waals surface area contributed by atoms with Gasteiger partial charge in [0.25, 0.3) is 0 Å². The minimum absolute atomic E-state index is 0.276. The summed E-state index contributed by atoms with van der Waals surface area (Å²) in [6.07, 6.45) is 8.45. The van der Waals surface area contributed by atoms with Crippen LogP contribution in [0.25, 0.3) is 5.69 Å². The smallest absolute Gasteiger partial charge is 0.191 e. The first-order valence-electron chi connectivity index (χ1n) is 8.53. The number of guanidine groups is 1. The summed E-state index contributed by atoms with van der Waals surface area (Å²) in [5.74, 6) is 0.495. The molecule has 0 saturated carbocycles. The molecular formula is C18H26FN5. The third-order valence-corrected chi connectivity index (χ3v) is 3.63. The monoisotopic (exact) mass is 331 g/mol. The fourth-order valence-corrected chi connectivity index (χ4v) is 2.35. The molecule has 0 aliphatic carbocycles. The average molecular weight is 331 g/mol. The van der Waals surface area contributed by atoms with E-state index in [9.17, 15) is 4.39 Å². The van der Waals surface area contributed by atoms with Crippen LogP contribution in [0.4, 0.5) is 4.39 Å². The predicted octanol–water partition coefficient (Wildman–Crippen LogP) is 3.26. The van der Waals surface area contributed by atoms with E-state index >= 15 is 0 Å². The van der Waals surface area contributed by atoms with Crippen molar-refractivity contribution in [2.75, 3.05) is 13.1 Å². The number of aromatic nitrogens is 2. The fourth-order valence-electron chi connectivity index (χ4n) is 2.35. The van der Waals surface area contributed by atoms with Crippen LogP contribution in [-0.2, 0) is 6.54 Å². The van der Waals surface area contributed by atoms with Gasteiger partial charge >= 0.3 is 0 Å². The lowest BCUT2D eigenvalue weighted by Gasteiger charge is -2.11. The van der Waals surface area contributed by atoms with Crippen molar-refractivity contribution in [2.24, 2.45) is 4.99 Å². The van der Waals surface area contributed by atoms with Gasteiger partial charge in [0.05, 0.1) is 18.6 Å². The molecule has 2 N–H and O–H groups in total. The van der Waals surface area contributed by atoms with E-state index in [4.69, 9.17) is 0 Å². The standard InChI is InChI=1S/C18H26FN5/c1-3-5-6-9-22-18(21-4-2)23-13-15-7-8-17(16(19)12-15)24-11-10-20-14-24/h7-8,10-12,14H,3-6,9,13H2,1-2H3,(H2,21,22,23). The zero-order valence-electron chi connectivity index (χ0n) is 14.4. The molecule has 5 nitrogen and oxygen atoms in total. The Morgan fingerprint density at radius 1 is 1.25 bits per heavy atom. The second-order valence-corrected chi connectivity index (χ2v) is 5.58. The summed E-state index contributed by atoms with van der Waals surface area (Å²) >= 11 is 0. The Kier molecular flexibility index (Phi) is 7.26. The lowest BCUT2D eigenvalue weighted by molar-refractivity contribution is 0.615. The summed E-state index contributed by atoms with van der Waals surface area (Å²) in [4.78, 5) is 8.47. The average Bonchev–Trinajstić information content (AvgIpc) is 3.10. The van der Waals surface area contributed by atoms with Gasteiger partial charge in [-0.2, -0.15) is 0 Å². The first-order valence-corrected chi connectivity index (χ1v) is 8.53. The molecule has 0 unspecified atom stereocenters. The molecule has 1 aromatic carbocycles. The van der Waals surface area contributed by atoms with Gasteiger partial charge in [-0.3, -0.25) is 0 Å². The van der Waals surface area contributed by atoms with E-state index in [1.54, 1.807) is 29.4 Å². The molecule has 0 spiro atoms. The molecular weight excluding hydrogens is 305 g/mol. The molecule has 0 saturated heterocycles. The number of benzene rings is 1. The van der Waals surface area contributed by atoms with Crippen molar-refractivity contribution < 1.29 is 4.39 Å². The molecule has 24 heavy (non-hydrogen) atoms. The van der Waals surface area contributed by atoms with Gasteiger partial charge in [-0.15, -0.1) is 0 Å². The van der Waals surface area contributed by atoms with Crippen LogP contribution in [0.15, 0.2) is 41.9 Å². The van der Waals surface area contributed by atoms with Gasteiger partial charge in [0.15, 0.2) is 5.96 Å². The number of aliphatic imine (C=N–C) groups is 1. The van der Waals surface area contributed by atoms with Gasteiger partial charge in [-0.05, 0) is 31.0 Å².